The molecule has 1 rings (SSSR count). The van der Waals surface area contributed by atoms with Gasteiger partial charge in [-0.3, -0.25) is 4.79 Å². The molecule has 0 aliphatic rings. The Kier molecular flexibility index (Phi) is 4.19. The number of methoxy groups -OCH3 is 1. The van der Waals surface area contributed by atoms with Crippen LogP contribution >= 0.6 is 11.6 Å². The topological polar surface area (TPSA) is 50.1 Å². The third-order valence-corrected chi connectivity index (χ3v) is 2.59. The van der Waals surface area contributed by atoms with Crippen molar-refractivity contribution in [3.05, 3.63) is 33.8 Å². The van der Waals surface area contributed by atoms with Gasteiger partial charge in [-0.05, 0) is 17.7 Å². The van der Waals surface area contributed by atoms with E-state index in [2.05, 4.69) is 4.74 Å². The molecule has 0 spiro atoms. The summed E-state index contributed by atoms with van der Waals surface area (Å²) in [6.07, 6.45) is -5.11. The van der Waals surface area contributed by atoms with Gasteiger partial charge < -0.3 is 4.74 Å². The Balaban J connectivity index is 3.35. The molecule has 3 nitrogen and oxygen atoms in total. The highest BCUT2D eigenvalue weighted by Crippen LogP contribution is 2.37. The van der Waals surface area contributed by atoms with Gasteiger partial charge in [-0.25, -0.2) is 0 Å². The van der Waals surface area contributed by atoms with E-state index in [0.29, 0.717) is 6.07 Å². The first-order valence-corrected chi connectivity index (χ1v) is 5.04. The lowest BCUT2D eigenvalue weighted by Crippen LogP contribution is -2.11. The summed E-state index contributed by atoms with van der Waals surface area (Å²) < 4.78 is 42.3. The molecule has 1 aromatic rings. The molecule has 0 aromatic heterocycles. The van der Waals surface area contributed by atoms with Crippen LogP contribution in [0.1, 0.15) is 16.7 Å². The lowest BCUT2D eigenvalue weighted by atomic mass is 10.0. The first kappa shape index (κ1) is 14.3. The minimum atomic E-state index is -4.69. The number of alkyl halides is 3. The van der Waals surface area contributed by atoms with Crippen molar-refractivity contribution in [2.24, 2.45) is 0 Å². The number of ether oxygens (including phenoxy) is 1. The van der Waals surface area contributed by atoms with Crippen LogP contribution in [0.5, 0.6) is 0 Å². The van der Waals surface area contributed by atoms with Crippen LogP contribution in [-0.4, -0.2) is 13.1 Å². The van der Waals surface area contributed by atoms with Gasteiger partial charge in [-0.1, -0.05) is 11.6 Å². The van der Waals surface area contributed by atoms with E-state index < -0.39 is 29.2 Å². The monoisotopic (exact) mass is 277 g/mol. The fourth-order valence-corrected chi connectivity index (χ4v) is 1.59. The van der Waals surface area contributed by atoms with E-state index in [0.717, 1.165) is 13.2 Å². The minimum Gasteiger partial charge on any atom is -0.469 e. The van der Waals surface area contributed by atoms with Crippen LogP contribution in [0.25, 0.3) is 0 Å². The second kappa shape index (κ2) is 5.27. The summed E-state index contributed by atoms with van der Waals surface area (Å²) in [6.45, 7) is 0. The number of halogens is 4. The standard InChI is InChI=1S/C11H7ClF3NO2/c1-18-9(17)4-7-2-6(5-16)3-8(10(7)12)11(13,14)15/h2-3H,4H2,1H3. The van der Waals surface area contributed by atoms with Crippen molar-refractivity contribution in [2.45, 2.75) is 12.6 Å². The molecule has 0 saturated heterocycles. The van der Waals surface area contributed by atoms with Crippen molar-refractivity contribution < 1.29 is 22.7 Å². The lowest BCUT2D eigenvalue weighted by Gasteiger charge is -2.12. The first-order chi connectivity index (χ1) is 8.29. The molecule has 18 heavy (non-hydrogen) atoms. The third-order valence-electron chi connectivity index (χ3n) is 2.14. The average molecular weight is 278 g/mol. The molecule has 0 bridgehead atoms. The largest absolute Gasteiger partial charge is 0.469 e. The number of nitrogens with zero attached hydrogens (tertiary/aromatic N) is 1. The van der Waals surface area contributed by atoms with Crippen LogP contribution in [0.4, 0.5) is 13.2 Å². The van der Waals surface area contributed by atoms with Crippen LogP contribution in [0, 0.1) is 11.3 Å². The minimum absolute atomic E-state index is 0.0881. The van der Waals surface area contributed by atoms with Gasteiger partial charge in [-0.2, -0.15) is 18.4 Å². The second-order valence-corrected chi connectivity index (χ2v) is 3.74. The molecule has 0 atom stereocenters. The van der Waals surface area contributed by atoms with Gasteiger partial charge in [0, 0.05) is 0 Å². The number of carbonyl (C=O) groups is 1. The maximum absolute atomic E-state index is 12.7. The Labute approximate surface area is 106 Å². The molecule has 1 aromatic carbocycles. The van der Waals surface area contributed by atoms with E-state index in [9.17, 15) is 18.0 Å². The van der Waals surface area contributed by atoms with Crippen molar-refractivity contribution in [3.8, 4) is 6.07 Å². The Morgan fingerprint density at radius 1 is 1.50 bits per heavy atom. The van der Waals surface area contributed by atoms with Crippen molar-refractivity contribution >= 4 is 17.6 Å². The highest BCUT2D eigenvalue weighted by molar-refractivity contribution is 6.32. The second-order valence-electron chi connectivity index (χ2n) is 3.36. The van der Waals surface area contributed by atoms with Crippen LogP contribution in [-0.2, 0) is 22.1 Å². The number of carbonyl (C=O) groups excluding carboxylic acids is 1. The molecule has 0 unspecified atom stereocenters. The number of rotatable bonds is 2. The van der Waals surface area contributed by atoms with Gasteiger partial charge in [-0.15, -0.1) is 0 Å². The average Bonchev–Trinajstić information content (AvgIpc) is 2.29. The van der Waals surface area contributed by atoms with Crippen molar-refractivity contribution in [1.29, 1.82) is 5.26 Å². The summed E-state index contributed by atoms with van der Waals surface area (Å²) in [5.41, 5.74) is -1.44. The molecule has 0 aliphatic carbocycles. The van der Waals surface area contributed by atoms with E-state index in [1.165, 1.54) is 0 Å². The lowest BCUT2D eigenvalue weighted by molar-refractivity contribution is -0.140. The van der Waals surface area contributed by atoms with Gasteiger partial charge in [0.15, 0.2) is 0 Å². The summed E-state index contributed by atoms with van der Waals surface area (Å²) in [5.74, 6) is -0.736. The molecule has 0 radical (unpaired) electrons. The molecule has 0 amide bonds. The van der Waals surface area contributed by atoms with Crippen molar-refractivity contribution in [1.82, 2.24) is 0 Å². The summed E-state index contributed by atoms with van der Waals surface area (Å²) >= 11 is 5.59. The SMILES string of the molecule is COC(=O)Cc1cc(C#N)cc(C(F)(F)F)c1Cl. The zero-order valence-corrected chi connectivity index (χ0v) is 9.89. The number of benzene rings is 1. The van der Waals surface area contributed by atoms with E-state index in [1.807, 2.05) is 0 Å². The molecule has 0 saturated carbocycles. The van der Waals surface area contributed by atoms with Gasteiger partial charge in [0.25, 0.3) is 0 Å². The number of hydrogen-bond donors (Lipinski definition) is 0. The Morgan fingerprint density at radius 3 is 2.56 bits per heavy atom. The Morgan fingerprint density at radius 2 is 2.11 bits per heavy atom. The van der Waals surface area contributed by atoms with Crippen molar-refractivity contribution in [2.75, 3.05) is 7.11 Å². The predicted octanol–water partition coefficient (Wildman–Crippen LogP) is 2.95. The fraction of sp³-hybridized carbons (Fsp3) is 0.273. The van der Waals surface area contributed by atoms with E-state index >= 15 is 0 Å². The molecule has 96 valence electrons. The third kappa shape index (κ3) is 3.14. The van der Waals surface area contributed by atoms with Crippen LogP contribution < -0.4 is 0 Å². The molecular weight excluding hydrogens is 271 g/mol. The van der Waals surface area contributed by atoms with Crippen LogP contribution in [0.2, 0.25) is 5.02 Å². The summed E-state index contributed by atoms with van der Waals surface area (Å²) in [5, 5.41) is 8.07. The first-order valence-electron chi connectivity index (χ1n) is 4.66. The van der Waals surface area contributed by atoms with E-state index in [1.54, 1.807) is 6.07 Å². The van der Waals surface area contributed by atoms with Crippen LogP contribution in [0.15, 0.2) is 12.1 Å². The summed E-state index contributed by atoms with van der Waals surface area (Å²) in [7, 11) is 1.11. The maximum atomic E-state index is 12.7. The Bertz CT molecular complexity index is 520. The molecule has 0 N–H and O–H groups in total. The van der Waals surface area contributed by atoms with Gasteiger partial charge in [0.2, 0.25) is 0 Å². The van der Waals surface area contributed by atoms with E-state index in [-0.39, 0.29) is 11.1 Å². The predicted molar refractivity (Wildman–Crippen MR) is 56.9 cm³/mol. The highest BCUT2D eigenvalue weighted by Gasteiger charge is 2.34. The zero-order chi connectivity index (χ0) is 13.9. The number of hydrogen-bond acceptors (Lipinski definition) is 3. The molecule has 0 heterocycles. The smallest absolute Gasteiger partial charge is 0.417 e. The number of nitriles is 1. The molecule has 0 fully saturated rings. The molecule has 0 aliphatic heterocycles. The quantitative estimate of drug-likeness (QED) is 0.781. The zero-order valence-electron chi connectivity index (χ0n) is 9.14. The molecular formula is C11H7ClF3NO2. The normalized spacial score (nSPS) is 10.9. The van der Waals surface area contributed by atoms with Gasteiger partial charge in [0.1, 0.15) is 0 Å². The molecule has 7 heteroatoms. The van der Waals surface area contributed by atoms with Crippen molar-refractivity contribution in [3.63, 3.8) is 0 Å². The summed E-state index contributed by atoms with van der Waals surface area (Å²) in [6, 6.07) is 3.36. The van der Waals surface area contributed by atoms with Crippen LogP contribution in [0.3, 0.4) is 0 Å². The van der Waals surface area contributed by atoms with E-state index in [4.69, 9.17) is 16.9 Å². The van der Waals surface area contributed by atoms with Gasteiger partial charge >= 0.3 is 12.1 Å². The maximum Gasteiger partial charge on any atom is 0.417 e. The van der Waals surface area contributed by atoms with Gasteiger partial charge in [0.05, 0.1) is 35.7 Å². The Hall–Kier alpha value is -1.74. The highest BCUT2D eigenvalue weighted by atomic mass is 35.5. The summed E-state index contributed by atoms with van der Waals surface area (Å²) in [4.78, 5) is 11.0. The number of esters is 1. The fourth-order valence-electron chi connectivity index (χ4n) is 1.31.